The molecule has 0 bridgehead atoms. The summed E-state index contributed by atoms with van der Waals surface area (Å²) < 4.78 is 5.52. The highest BCUT2D eigenvalue weighted by molar-refractivity contribution is 7.20. The molecule has 0 aliphatic rings. The number of rotatable bonds is 7. The number of thiazole rings is 1. The van der Waals surface area contributed by atoms with Crippen molar-refractivity contribution in [3.63, 3.8) is 0 Å². The third-order valence-electron chi connectivity index (χ3n) is 3.01. The van der Waals surface area contributed by atoms with E-state index in [1.54, 1.807) is 5.38 Å². The highest BCUT2D eigenvalue weighted by Crippen LogP contribution is 2.27. The van der Waals surface area contributed by atoms with Crippen LogP contribution in [0.2, 0.25) is 0 Å². The van der Waals surface area contributed by atoms with Crippen LogP contribution in [0.3, 0.4) is 0 Å². The molecule has 0 aliphatic carbocycles. The van der Waals surface area contributed by atoms with Crippen molar-refractivity contribution in [1.29, 1.82) is 0 Å². The van der Waals surface area contributed by atoms with Crippen LogP contribution in [-0.4, -0.2) is 40.2 Å². The summed E-state index contributed by atoms with van der Waals surface area (Å²) in [5.74, 6) is -1.58. The van der Waals surface area contributed by atoms with E-state index in [2.05, 4.69) is 10.3 Å². The molecule has 2 N–H and O–H groups in total. The minimum absolute atomic E-state index is 0.195. The Morgan fingerprint density at radius 2 is 2.12 bits per heavy atom. The van der Waals surface area contributed by atoms with Gasteiger partial charge in [-0.3, -0.25) is 4.79 Å². The molecule has 6 nitrogen and oxygen atoms in total. The van der Waals surface area contributed by atoms with E-state index in [1.807, 2.05) is 38.3 Å². The molecule has 0 saturated carbocycles. The van der Waals surface area contributed by atoms with Crippen molar-refractivity contribution in [1.82, 2.24) is 10.3 Å². The summed E-state index contributed by atoms with van der Waals surface area (Å²) in [5.41, 5.74) is -0.121. The second-order valence-corrected chi connectivity index (χ2v) is 7.93. The van der Waals surface area contributed by atoms with Crippen LogP contribution < -0.4 is 5.32 Å². The number of carbonyl (C=O) groups is 2. The molecule has 1 unspecified atom stereocenters. The summed E-state index contributed by atoms with van der Waals surface area (Å²) in [6, 6.07) is 2.83. The molecular formula is C16H20N2O4S2. The Kier molecular flexibility index (Phi) is 6.09. The van der Waals surface area contributed by atoms with Crippen molar-refractivity contribution in [2.45, 2.75) is 38.8 Å². The Hall–Kier alpha value is -1.77. The van der Waals surface area contributed by atoms with Gasteiger partial charge in [-0.1, -0.05) is 6.07 Å². The summed E-state index contributed by atoms with van der Waals surface area (Å²) >= 11 is 2.90. The Bertz CT molecular complexity index is 689. The lowest BCUT2D eigenvalue weighted by Gasteiger charge is -2.21. The van der Waals surface area contributed by atoms with E-state index in [0.29, 0.717) is 0 Å². The Morgan fingerprint density at radius 3 is 2.71 bits per heavy atom. The average molecular weight is 368 g/mol. The lowest BCUT2D eigenvalue weighted by molar-refractivity contribution is -0.140. The molecule has 0 saturated heterocycles. The maximum Gasteiger partial charge on any atom is 0.326 e. The number of thiophene rings is 1. The average Bonchev–Trinajstić information content (AvgIpc) is 3.15. The molecule has 0 aliphatic heterocycles. The number of aliphatic carboxylic acids is 1. The van der Waals surface area contributed by atoms with Crippen LogP contribution in [0, 0.1) is 0 Å². The monoisotopic (exact) mass is 368 g/mol. The van der Waals surface area contributed by atoms with Gasteiger partial charge in [-0.2, -0.15) is 0 Å². The third-order valence-corrected chi connectivity index (χ3v) is 4.90. The Balaban J connectivity index is 1.96. The fraction of sp³-hybridized carbons (Fsp3) is 0.438. The molecule has 8 heteroatoms. The Labute approximate surface area is 148 Å². The van der Waals surface area contributed by atoms with Crippen molar-refractivity contribution >= 4 is 34.6 Å². The van der Waals surface area contributed by atoms with Gasteiger partial charge in [0.05, 0.1) is 10.5 Å². The lowest BCUT2D eigenvalue weighted by atomic mass is 10.1. The van der Waals surface area contributed by atoms with Crippen molar-refractivity contribution < 1.29 is 19.4 Å². The van der Waals surface area contributed by atoms with Crippen LogP contribution in [0.1, 0.15) is 37.7 Å². The number of carboxylic acid groups (broad SMARTS) is 1. The van der Waals surface area contributed by atoms with Gasteiger partial charge in [0.2, 0.25) is 0 Å². The molecule has 2 rings (SSSR count). The maximum absolute atomic E-state index is 12.2. The number of hydrogen-bond acceptors (Lipinski definition) is 6. The van der Waals surface area contributed by atoms with Crippen LogP contribution in [0.25, 0.3) is 9.88 Å². The zero-order valence-electron chi connectivity index (χ0n) is 13.7. The Morgan fingerprint density at radius 1 is 1.38 bits per heavy atom. The van der Waals surface area contributed by atoms with Gasteiger partial charge < -0.3 is 15.2 Å². The smallest absolute Gasteiger partial charge is 0.326 e. The molecule has 2 heterocycles. The number of amides is 1. The van der Waals surface area contributed by atoms with E-state index in [1.165, 1.54) is 22.7 Å². The highest BCUT2D eigenvalue weighted by Gasteiger charge is 2.23. The third kappa shape index (κ3) is 5.40. The van der Waals surface area contributed by atoms with Crippen molar-refractivity contribution in [2.75, 3.05) is 6.61 Å². The molecule has 0 radical (unpaired) electrons. The quantitative estimate of drug-likeness (QED) is 0.783. The molecule has 0 aromatic carbocycles. The molecule has 0 fully saturated rings. The van der Waals surface area contributed by atoms with Crippen LogP contribution in [-0.2, 0) is 9.53 Å². The molecule has 2 aromatic heterocycles. The number of nitrogens with zero attached hydrogens (tertiary/aromatic N) is 1. The first kappa shape index (κ1) is 18.6. The van der Waals surface area contributed by atoms with Crippen molar-refractivity contribution in [2.24, 2.45) is 0 Å². The van der Waals surface area contributed by atoms with E-state index in [0.717, 1.165) is 9.88 Å². The van der Waals surface area contributed by atoms with Crippen LogP contribution in [0.5, 0.6) is 0 Å². The number of hydrogen-bond donors (Lipinski definition) is 2. The minimum Gasteiger partial charge on any atom is -0.480 e. The van der Waals surface area contributed by atoms with Crippen LogP contribution >= 0.6 is 22.7 Å². The van der Waals surface area contributed by atoms with E-state index >= 15 is 0 Å². The summed E-state index contributed by atoms with van der Waals surface area (Å²) in [7, 11) is 0. The summed E-state index contributed by atoms with van der Waals surface area (Å²) in [5, 5.41) is 16.1. The van der Waals surface area contributed by atoms with E-state index in [4.69, 9.17) is 4.74 Å². The second kappa shape index (κ2) is 7.87. The van der Waals surface area contributed by atoms with Gasteiger partial charge in [-0.15, -0.1) is 22.7 Å². The van der Waals surface area contributed by atoms with Gasteiger partial charge >= 0.3 is 5.97 Å². The van der Waals surface area contributed by atoms with E-state index in [-0.39, 0.29) is 24.3 Å². The molecule has 0 spiro atoms. The first-order chi connectivity index (χ1) is 11.3. The standard InChI is InChI=1S/C16H20N2O4S2/c1-16(2,3)22-7-6-10(15(20)21)17-13(19)11-9-24-14(18-11)12-5-4-8-23-12/h4-5,8-10H,6-7H2,1-3H3,(H,17,19)(H,20,21). The SMILES string of the molecule is CC(C)(C)OCCC(NC(=O)c1csc(-c2cccs2)n1)C(=O)O. The summed E-state index contributed by atoms with van der Waals surface area (Å²) in [6.07, 6.45) is 0.195. The molecule has 130 valence electrons. The number of nitrogens with one attached hydrogen (secondary N) is 1. The van der Waals surface area contributed by atoms with Gasteiger partial charge in [0.15, 0.2) is 0 Å². The first-order valence-corrected chi connectivity index (χ1v) is 9.19. The normalized spacial score (nSPS) is 12.8. The second-order valence-electron chi connectivity index (χ2n) is 6.13. The van der Waals surface area contributed by atoms with E-state index in [9.17, 15) is 14.7 Å². The van der Waals surface area contributed by atoms with Gasteiger partial charge in [-0.25, -0.2) is 9.78 Å². The van der Waals surface area contributed by atoms with Gasteiger partial charge in [0, 0.05) is 18.4 Å². The highest BCUT2D eigenvalue weighted by atomic mass is 32.1. The van der Waals surface area contributed by atoms with Crippen LogP contribution in [0.15, 0.2) is 22.9 Å². The van der Waals surface area contributed by atoms with Gasteiger partial charge in [0.25, 0.3) is 5.91 Å². The molecular weight excluding hydrogens is 348 g/mol. The molecule has 1 atom stereocenters. The number of ether oxygens (including phenoxy) is 1. The fourth-order valence-electron chi connectivity index (χ4n) is 1.86. The van der Waals surface area contributed by atoms with E-state index < -0.39 is 17.9 Å². The number of carbonyl (C=O) groups excluding carboxylic acids is 1. The summed E-state index contributed by atoms with van der Waals surface area (Å²) in [4.78, 5) is 28.8. The molecule has 2 aromatic rings. The predicted molar refractivity (Wildman–Crippen MR) is 94.6 cm³/mol. The molecule has 1 amide bonds. The minimum atomic E-state index is -1.09. The largest absolute Gasteiger partial charge is 0.480 e. The first-order valence-electron chi connectivity index (χ1n) is 7.43. The predicted octanol–water partition coefficient (Wildman–Crippen LogP) is 3.26. The van der Waals surface area contributed by atoms with Gasteiger partial charge in [0.1, 0.15) is 16.7 Å². The topological polar surface area (TPSA) is 88.5 Å². The lowest BCUT2D eigenvalue weighted by Crippen LogP contribution is -2.42. The maximum atomic E-state index is 12.2. The number of aromatic nitrogens is 1. The van der Waals surface area contributed by atoms with Crippen molar-refractivity contribution in [3.8, 4) is 9.88 Å². The van der Waals surface area contributed by atoms with Crippen molar-refractivity contribution in [3.05, 3.63) is 28.6 Å². The number of carboxylic acids is 1. The zero-order chi connectivity index (χ0) is 17.7. The van der Waals surface area contributed by atoms with Gasteiger partial charge in [-0.05, 0) is 32.2 Å². The fourth-order valence-corrected chi connectivity index (χ4v) is 3.48. The summed E-state index contributed by atoms with van der Waals surface area (Å²) in [6.45, 7) is 5.92. The zero-order valence-corrected chi connectivity index (χ0v) is 15.4. The molecule has 24 heavy (non-hydrogen) atoms. The van der Waals surface area contributed by atoms with Crippen LogP contribution in [0.4, 0.5) is 0 Å².